The molecule has 2 amide bonds. The molecule has 0 radical (unpaired) electrons. The van der Waals surface area contributed by atoms with Crippen LogP contribution in [0.15, 0.2) is 66.9 Å². The van der Waals surface area contributed by atoms with Gasteiger partial charge in [-0.15, -0.1) is 0 Å². The number of aromatic nitrogens is 1. The van der Waals surface area contributed by atoms with Crippen LogP contribution in [0.4, 0.5) is 10.6 Å². The van der Waals surface area contributed by atoms with Crippen LogP contribution in [0, 0.1) is 5.92 Å². The molecule has 2 aliphatic carbocycles. The van der Waals surface area contributed by atoms with Crippen molar-refractivity contribution in [2.24, 2.45) is 11.7 Å². The average Bonchev–Trinajstić information content (AvgIpc) is 2.97. The summed E-state index contributed by atoms with van der Waals surface area (Å²) in [5.74, 6) is 0.745. The highest BCUT2D eigenvalue weighted by Gasteiger charge is 2.49. The number of carbonyl (C=O) groups is 2. The van der Waals surface area contributed by atoms with Crippen molar-refractivity contribution in [3.05, 3.63) is 72.4 Å². The number of nitrogens with one attached hydrogen (secondary N) is 1. The van der Waals surface area contributed by atoms with Gasteiger partial charge < -0.3 is 25.8 Å². The minimum Gasteiger partial charge on any atom is -0.453 e. The Labute approximate surface area is 248 Å². The van der Waals surface area contributed by atoms with Gasteiger partial charge in [0.15, 0.2) is 0 Å². The molecule has 8 heteroatoms. The van der Waals surface area contributed by atoms with Gasteiger partial charge in [0.2, 0.25) is 5.91 Å². The molecule has 0 unspecified atom stereocenters. The van der Waals surface area contributed by atoms with Crippen LogP contribution < -0.4 is 11.1 Å². The van der Waals surface area contributed by atoms with E-state index in [2.05, 4.69) is 34.6 Å². The summed E-state index contributed by atoms with van der Waals surface area (Å²) in [5, 5.41) is 13.2. The van der Waals surface area contributed by atoms with E-state index in [1.807, 2.05) is 56.4 Å². The van der Waals surface area contributed by atoms with E-state index in [4.69, 9.17) is 10.5 Å². The van der Waals surface area contributed by atoms with Gasteiger partial charge in [0.25, 0.3) is 0 Å². The first-order valence-corrected chi connectivity index (χ1v) is 14.9. The highest BCUT2D eigenvalue weighted by Crippen LogP contribution is 2.46. The Morgan fingerprint density at radius 1 is 1.02 bits per heavy atom. The van der Waals surface area contributed by atoms with Crippen LogP contribution in [-0.4, -0.2) is 52.3 Å². The maximum absolute atomic E-state index is 13.1. The van der Waals surface area contributed by atoms with Gasteiger partial charge in [-0.25, -0.2) is 9.78 Å². The van der Waals surface area contributed by atoms with Crippen molar-refractivity contribution in [1.29, 1.82) is 0 Å². The molecule has 0 spiro atoms. The molecule has 1 heterocycles. The lowest BCUT2D eigenvalue weighted by molar-refractivity contribution is -0.117. The molecular formula is C34H42N4O4. The Morgan fingerprint density at radius 3 is 2.26 bits per heavy atom. The van der Waals surface area contributed by atoms with E-state index in [1.54, 1.807) is 4.90 Å². The molecule has 2 saturated carbocycles. The Bertz CT molecular complexity index is 1390. The van der Waals surface area contributed by atoms with Crippen LogP contribution in [0.3, 0.4) is 0 Å². The number of hydrogen-bond donors (Lipinski definition) is 3. The first-order chi connectivity index (χ1) is 20.1. The quantitative estimate of drug-likeness (QED) is 0.302. The predicted octanol–water partition coefficient (Wildman–Crippen LogP) is 6.09. The summed E-state index contributed by atoms with van der Waals surface area (Å²) in [6, 6.07) is 20.4. The number of ether oxygens (including phenoxy) is 1. The van der Waals surface area contributed by atoms with Gasteiger partial charge >= 0.3 is 6.09 Å². The number of nitrogens with zero attached hydrogens (tertiary/aromatic N) is 2. The SMILES string of the molecule is CCN(C(=O)OC)C1CCC(CC(=O)Nc2cc(-c3ccccc3)c(-c3ccc([C@]4(N)C[C@](C)(O)C4)cc3)cn2)CC1. The molecule has 0 aliphatic heterocycles. The molecule has 8 nitrogen and oxygen atoms in total. The number of pyridine rings is 1. The minimum absolute atomic E-state index is 0.0491. The lowest BCUT2D eigenvalue weighted by atomic mass is 9.63. The maximum Gasteiger partial charge on any atom is 0.409 e. The third-order valence-electron chi connectivity index (χ3n) is 8.90. The summed E-state index contributed by atoms with van der Waals surface area (Å²) >= 11 is 0. The summed E-state index contributed by atoms with van der Waals surface area (Å²) in [6.45, 7) is 4.40. The van der Waals surface area contributed by atoms with Gasteiger partial charge in [-0.05, 0) is 86.6 Å². The van der Waals surface area contributed by atoms with Crippen LogP contribution in [0.5, 0.6) is 0 Å². The van der Waals surface area contributed by atoms with Gasteiger partial charge in [-0.2, -0.15) is 0 Å². The third kappa shape index (κ3) is 6.50. The van der Waals surface area contributed by atoms with Crippen LogP contribution in [0.2, 0.25) is 0 Å². The summed E-state index contributed by atoms with van der Waals surface area (Å²) in [6.07, 6.45) is 6.56. The summed E-state index contributed by atoms with van der Waals surface area (Å²) in [7, 11) is 1.42. The predicted molar refractivity (Wildman–Crippen MR) is 165 cm³/mol. The lowest BCUT2D eigenvalue weighted by Gasteiger charge is -2.49. The van der Waals surface area contributed by atoms with Crippen LogP contribution in [0.25, 0.3) is 22.3 Å². The molecule has 4 N–H and O–H groups in total. The normalized spacial score (nSPS) is 25.3. The van der Waals surface area contributed by atoms with Gasteiger partial charge in [0, 0.05) is 36.3 Å². The molecule has 5 rings (SSSR count). The minimum atomic E-state index is -0.710. The van der Waals surface area contributed by atoms with Gasteiger partial charge in [0.05, 0.1) is 12.7 Å². The maximum atomic E-state index is 13.1. The zero-order valence-electron chi connectivity index (χ0n) is 24.8. The van der Waals surface area contributed by atoms with E-state index in [0.717, 1.165) is 53.5 Å². The molecule has 0 bridgehead atoms. The van der Waals surface area contributed by atoms with Crippen LogP contribution in [-0.2, 0) is 15.1 Å². The molecule has 0 atom stereocenters. The van der Waals surface area contributed by atoms with Crippen molar-refractivity contribution in [3.63, 3.8) is 0 Å². The molecule has 42 heavy (non-hydrogen) atoms. The van der Waals surface area contributed by atoms with Crippen molar-refractivity contribution < 1.29 is 19.4 Å². The molecule has 2 fully saturated rings. The number of methoxy groups -OCH3 is 1. The van der Waals surface area contributed by atoms with Gasteiger partial charge in [-0.3, -0.25) is 4.79 Å². The van der Waals surface area contributed by atoms with Crippen molar-refractivity contribution in [3.8, 4) is 22.3 Å². The number of nitrogens with two attached hydrogens (primary N) is 1. The van der Waals surface area contributed by atoms with E-state index in [0.29, 0.717) is 31.6 Å². The topological polar surface area (TPSA) is 118 Å². The number of benzene rings is 2. The van der Waals surface area contributed by atoms with E-state index in [9.17, 15) is 14.7 Å². The lowest BCUT2D eigenvalue weighted by Crippen LogP contribution is -2.58. The molecule has 1 aromatic heterocycles. The standard InChI is InChI=1S/C34H42N4O4/c1-4-38(32(40)42-3)27-16-10-23(11-17-27)18-31(39)37-30-19-28(24-8-6-5-7-9-24)29(20-36-30)25-12-14-26(15-13-25)34(35)21-33(2,41)22-34/h5-9,12-15,19-20,23,27,41H,4,10-11,16-18,21-22,35H2,1-3H3,(H,36,37,39)/t23?,27?,33-,34-. The molecule has 222 valence electrons. The fourth-order valence-corrected chi connectivity index (χ4v) is 6.87. The highest BCUT2D eigenvalue weighted by atomic mass is 16.5. The fraction of sp³-hybridized carbons (Fsp3) is 0.441. The summed E-state index contributed by atoms with van der Waals surface area (Å²) in [4.78, 5) is 31.5. The van der Waals surface area contributed by atoms with E-state index < -0.39 is 11.1 Å². The van der Waals surface area contributed by atoms with Crippen molar-refractivity contribution in [1.82, 2.24) is 9.88 Å². The fourth-order valence-electron chi connectivity index (χ4n) is 6.87. The molecular weight excluding hydrogens is 528 g/mol. The second-order valence-electron chi connectivity index (χ2n) is 12.2. The smallest absolute Gasteiger partial charge is 0.409 e. The summed E-state index contributed by atoms with van der Waals surface area (Å²) < 4.78 is 4.93. The second kappa shape index (κ2) is 12.2. The Kier molecular flexibility index (Phi) is 8.66. The second-order valence-corrected chi connectivity index (χ2v) is 12.2. The molecule has 0 saturated heterocycles. The van der Waals surface area contributed by atoms with Crippen molar-refractivity contribution in [2.75, 3.05) is 19.0 Å². The Hall–Kier alpha value is -3.75. The monoisotopic (exact) mass is 570 g/mol. The average molecular weight is 571 g/mol. The number of anilines is 1. The van der Waals surface area contributed by atoms with Gasteiger partial charge in [-0.1, -0.05) is 54.6 Å². The molecule has 2 aromatic carbocycles. The van der Waals surface area contributed by atoms with E-state index in [-0.39, 0.29) is 24.0 Å². The number of amides is 2. The Morgan fingerprint density at radius 2 is 1.67 bits per heavy atom. The molecule has 3 aromatic rings. The number of aliphatic hydroxyl groups is 1. The van der Waals surface area contributed by atoms with Crippen molar-refractivity contribution >= 4 is 17.8 Å². The molecule has 2 aliphatic rings. The number of carbonyl (C=O) groups excluding carboxylic acids is 2. The zero-order valence-corrected chi connectivity index (χ0v) is 24.8. The third-order valence-corrected chi connectivity index (χ3v) is 8.90. The van der Waals surface area contributed by atoms with E-state index >= 15 is 0 Å². The first-order valence-electron chi connectivity index (χ1n) is 14.9. The van der Waals surface area contributed by atoms with Crippen molar-refractivity contribution in [2.45, 2.75) is 76.0 Å². The first kappa shape index (κ1) is 29.7. The van der Waals surface area contributed by atoms with Crippen LogP contribution in [0.1, 0.15) is 64.4 Å². The number of rotatable bonds is 8. The highest BCUT2D eigenvalue weighted by molar-refractivity contribution is 5.92. The Balaban J connectivity index is 1.28. The van der Waals surface area contributed by atoms with E-state index in [1.165, 1.54) is 7.11 Å². The largest absolute Gasteiger partial charge is 0.453 e. The number of hydrogen-bond acceptors (Lipinski definition) is 6. The van der Waals surface area contributed by atoms with Crippen LogP contribution >= 0.6 is 0 Å². The zero-order chi connectivity index (χ0) is 29.9. The van der Waals surface area contributed by atoms with Gasteiger partial charge in [0.1, 0.15) is 5.82 Å². The summed E-state index contributed by atoms with van der Waals surface area (Å²) in [5.41, 5.74) is 10.3.